The van der Waals surface area contributed by atoms with Crippen LogP contribution in [0.3, 0.4) is 0 Å². The molecule has 3 aromatic carbocycles. The Morgan fingerprint density at radius 3 is 2.21 bits per heavy atom. The van der Waals surface area contributed by atoms with E-state index in [2.05, 4.69) is 0 Å². The molecule has 0 atom stereocenters. The van der Waals surface area contributed by atoms with E-state index in [1.807, 2.05) is 0 Å². The third-order valence-electron chi connectivity index (χ3n) is 4.64. The first-order valence-corrected chi connectivity index (χ1v) is 8.90. The molecule has 0 amide bonds. The highest BCUT2D eigenvalue weighted by atomic mass is 16.6. The molecule has 0 N–H and O–H groups in total. The van der Waals surface area contributed by atoms with E-state index in [-0.39, 0.29) is 29.4 Å². The summed E-state index contributed by atoms with van der Waals surface area (Å²) in [5, 5.41) is 10.9. The number of fused-ring (bicyclic) bond motifs is 1. The van der Waals surface area contributed by atoms with Gasteiger partial charge in [0.05, 0.1) is 10.5 Å². The van der Waals surface area contributed by atoms with Crippen molar-refractivity contribution in [2.75, 3.05) is 0 Å². The van der Waals surface area contributed by atoms with Gasteiger partial charge in [0.1, 0.15) is 12.4 Å². The van der Waals surface area contributed by atoms with Crippen LogP contribution in [0.1, 0.15) is 31.8 Å². The van der Waals surface area contributed by atoms with Crippen molar-refractivity contribution >= 4 is 23.3 Å². The van der Waals surface area contributed by atoms with Gasteiger partial charge in [0.25, 0.3) is 5.69 Å². The van der Waals surface area contributed by atoms with E-state index in [0.29, 0.717) is 28.0 Å². The molecule has 0 spiro atoms. The van der Waals surface area contributed by atoms with Crippen LogP contribution >= 0.6 is 0 Å². The summed E-state index contributed by atoms with van der Waals surface area (Å²) in [6, 6.07) is 19.9. The van der Waals surface area contributed by atoms with Crippen molar-refractivity contribution in [3.63, 3.8) is 0 Å². The molecule has 4 rings (SSSR count). The molecule has 0 heterocycles. The number of benzene rings is 3. The molecule has 0 radical (unpaired) electrons. The second-order valence-electron chi connectivity index (χ2n) is 6.52. The molecule has 3 aromatic rings. The first-order chi connectivity index (χ1) is 14.0. The van der Waals surface area contributed by atoms with Crippen LogP contribution in [0.4, 0.5) is 5.69 Å². The second kappa shape index (κ2) is 7.52. The van der Waals surface area contributed by atoms with E-state index in [1.165, 1.54) is 18.2 Å². The topological polar surface area (TPSA) is 86.5 Å². The number of hydrogen-bond acceptors (Lipinski definition) is 5. The molecule has 0 aliphatic heterocycles. The monoisotopic (exact) mass is 385 g/mol. The Morgan fingerprint density at radius 2 is 1.52 bits per heavy atom. The molecule has 6 nitrogen and oxygen atoms in total. The predicted molar refractivity (Wildman–Crippen MR) is 107 cm³/mol. The SMILES string of the molecule is O=C1C(=Cc2ccccc2OCc2cccc([N+](=O)[O-])c2)C(=O)c2ccccc21. The molecular weight excluding hydrogens is 370 g/mol. The first kappa shape index (κ1) is 18.3. The van der Waals surface area contributed by atoms with Crippen LogP contribution in [0.15, 0.2) is 78.4 Å². The predicted octanol–water partition coefficient (Wildman–Crippen LogP) is 4.64. The molecular formula is C23H15NO5. The van der Waals surface area contributed by atoms with E-state index in [1.54, 1.807) is 60.7 Å². The fourth-order valence-corrected chi connectivity index (χ4v) is 3.21. The number of nitro benzene ring substituents is 1. The fraction of sp³-hybridized carbons (Fsp3) is 0.0435. The molecule has 0 fully saturated rings. The number of nitro groups is 1. The van der Waals surface area contributed by atoms with E-state index in [9.17, 15) is 19.7 Å². The van der Waals surface area contributed by atoms with E-state index in [4.69, 9.17) is 4.74 Å². The van der Waals surface area contributed by atoms with Gasteiger partial charge in [-0.05, 0) is 17.7 Å². The van der Waals surface area contributed by atoms with Crippen molar-refractivity contribution in [3.8, 4) is 5.75 Å². The van der Waals surface area contributed by atoms with Crippen molar-refractivity contribution in [2.24, 2.45) is 0 Å². The minimum atomic E-state index is -0.461. The summed E-state index contributed by atoms with van der Waals surface area (Å²) < 4.78 is 5.83. The van der Waals surface area contributed by atoms with Crippen molar-refractivity contribution < 1.29 is 19.2 Å². The normalized spacial score (nSPS) is 12.6. The van der Waals surface area contributed by atoms with Gasteiger partial charge in [0.2, 0.25) is 0 Å². The highest BCUT2D eigenvalue weighted by molar-refractivity contribution is 6.41. The van der Waals surface area contributed by atoms with Gasteiger partial charge in [-0.15, -0.1) is 0 Å². The molecule has 0 aromatic heterocycles. The maximum atomic E-state index is 12.6. The Bertz CT molecular complexity index is 1140. The standard InChI is InChI=1S/C23H15NO5/c25-22-18-9-2-3-10-19(18)23(26)20(22)13-16-7-1-4-11-21(16)29-14-15-6-5-8-17(12-15)24(27)28/h1-13H,14H2. The minimum Gasteiger partial charge on any atom is -0.488 e. The Morgan fingerprint density at radius 1 is 0.862 bits per heavy atom. The number of allylic oxidation sites excluding steroid dienone is 1. The van der Waals surface area contributed by atoms with Crippen LogP contribution in [-0.2, 0) is 6.61 Å². The number of ether oxygens (including phenoxy) is 1. The van der Waals surface area contributed by atoms with Gasteiger partial charge >= 0.3 is 0 Å². The van der Waals surface area contributed by atoms with Crippen LogP contribution in [-0.4, -0.2) is 16.5 Å². The lowest BCUT2D eigenvalue weighted by Crippen LogP contribution is -2.02. The smallest absolute Gasteiger partial charge is 0.269 e. The van der Waals surface area contributed by atoms with Crippen molar-refractivity contribution in [1.82, 2.24) is 0 Å². The summed E-state index contributed by atoms with van der Waals surface area (Å²) in [6.45, 7) is 0.115. The minimum absolute atomic E-state index is 0.0126. The molecule has 6 heteroatoms. The number of ketones is 2. The average Bonchev–Trinajstić information content (AvgIpc) is 2.98. The zero-order chi connectivity index (χ0) is 20.4. The molecule has 0 saturated carbocycles. The molecule has 0 bridgehead atoms. The van der Waals surface area contributed by atoms with E-state index < -0.39 is 4.92 Å². The number of rotatable bonds is 5. The first-order valence-electron chi connectivity index (χ1n) is 8.90. The molecule has 142 valence electrons. The van der Waals surface area contributed by atoms with E-state index >= 15 is 0 Å². The largest absolute Gasteiger partial charge is 0.488 e. The fourth-order valence-electron chi connectivity index (χ4n) is 3.21. The Labute approximate surface area is 166 Å². The number of Topliss-reactive ketones (excluding diaryl/α,β-unsaturated/α-hetero) is 2. The number of hydrogen-bond donors (Lipinski definition) is 0. The number of para-hydroxylation sites is 1. The van der Waals surface area contributed by atoms with E-state index in [0.717, 1.165) is 0 Å². The van der Waals surface area contributed by atoms with Gasteiger partial charge in [0, 0.05) is 28.8 Å². The molecule has 0 unspecified atom stereocenters. The summed E-state index contributed by atoms with van der Waals surface area (Å²) in [5.41, 5.74) is 2.11. The third-order valence-corrected chi connectivity index (χ3v) is 4.64. The lowest BCUT2D eigenvalue weighted by atomic mass is 10.1. The second-order valence-corrected chi connectivity index (χ2v) is 6.52. The highest BCUT2D eigenvalue weighted by Gasteiger charge is 2.32. The lowest BCUT2D eigenvalue weighted by molar-refractivity contribution is -0.384. The molecule has 1 aliphatic rings. The quantitative estimate of drug-likeness (QED) is 0.276. The number of carbonyl (C=O) groups is 2. The lowest BCUT2D eigenvalue weighted by Gasteiger charge is -2.09. The Kier molecular flexibility index (Phi) is 4.75. The summed E-state index contributed by atoms with van der Waals surface area (Å²) in [7, 11) is 0. The third kappa shape index (κ3) is 3.55. The zero-order valence-corrected chi connectivity index (χ0v) is 15.2. The van der Waals surface area contributed by atoms with Crippen LogP contribution < -0.4 is 4.74 Å². The number of non-ortho nitro benzene ring substituents is 1. The van der Waals surface area contributed by atoms with Gasteiger partial charge in [-0.25, -0.2) is 0 Å². The molecule has 1 aliphatic carbocycles. The summed E-state index contributed by atoms with van der Waals surface area (Å²) in [6.07, 6.45) is 1.54. The van der Waals surface area contributed by atoms with Crippen molar-refractivity contribution in [1.29, 1.82) is 0 Å². The zero-order valence-electron chi connectivity index (χ0n) is 15.2. The van der Waals surface area contributed by atoms with Gasteiger partial charge in [-0.1, -0.05) is 54.6 Å². The maximum absolute atomic E-state index is 12.6. The van der Waals surface area contributed by atoms with Crippen LogP contribution in [0.25, 0.3) is 6.08 Å². The molecule has 29 heavy (non-hydrogen) atoms. The number of nitrogens with zero attached hydrogens (tertiary/aromatic N) is 1. The van der Waals surface area contributed by atoms with Crippen LogP contribution in [0.2, 0.25) is 0 Å². The average molecular weight is 385 g/mol. The summed E-state index contributed by atoms with van der Waals surface area (Å²) >= 11 is 0. The van der Waals surface area contributed by atoms with Crippen molar-refractivity contribution in [2.45, 2.75) is 6.61 Å². The van der Waals surface area contributed by atoms with Crippen LogP contribution in [0, 0.1) is 10.1 Å². The van der Waals surface area contributed by atoms with Crippen molar-refractivity contribution in [3.05, 3.63) is 111 Å². The van der Waals surface area contributed by atoms with Crippen LogP contribution in [0.5, 0.6) is 5.75 Å². The Balaban J connectivity index is 1.61. The maximum Gasteiger partial charge on any atom is 0.269 e. The Hall–Kier alpha value is -4.06. The van der Waals surface area contributed by atoms with Gasteiger partial charge < -0.3 is 4.74 Å². The van der Waals surface area contributed by atoms with Gasteiger partial charge in [0.15, 0.2) is 11.6 Å². The summed E-state index contributed by atoms with van der Waals surface area (Å²) in [5.74, 6) is -0.138. The highest BCUT2D eigenvalue weighted by Crippen LogP contribution is 2.30. The summed E-state index contributed by atoms with van der Waals surface area (Å²) in [4.78, 5) is 35.7. The number of carbonyl (C=O) groups excluding carboxylic acids is 2. The molecule has 0 saturated heterocycles. The van der Waals surface area contributed by atoms with Gasteiger partial charge in [-0.3, -0.25) is 19.7 Å². The van der Waals surface area contributed by atoms with Gasteiger partial charge in [-0.2, -0.15) is 0 Å².